The first-order chi connectivity index (χ1) is 7.55. The molecule has 0 atom stereocenters. The number of aromatic nitrogens is 4. The van der Waals surface area contributed by atoms with Gasteiger partial charge in [0.2, 0.25) is 0 Å². The van der Waals surface area contributed by atoms with Crippen molar-refractivity contribution in [1.29, 1.82) is 0 Å². The lowest BCUT2D eigenvalue weighted by atomic mass is 10.1. The molecule has 0 spiro atoms. The standard InChI is InChI=1S/C9H7F3N4/c10-9(11,12)8-3-1-7(2-4-8)5-16-6-13-14-15-16/h1-4,6H,5H2. The summed E-state index contributed by atoms with van der Waals surface area (Å²) in [6.45, 7) is 0.352. The molecule has 1 aromatic carbocycles. The normalized spacial score (nSPS) is 11.7. The summed E-state index contributed by atoms with van der Waals surface area (Å²) in [5.74, 6) is 0. The van der Waals surface area contributed by atoms with Crippen molar-refractivity contribution in [2.45, 2.75) is 12.7 Å². The van der Waals surface area contributed by atoms with Crippen LogP contribution in [0.3, 0.4) is 0 Å². The van der Waals surface area contributed by atoms with Gasteiger partial charge in [-0.15, -0.1) is 5.10 Å². The molecule has 0 bridgehead atoms. The highest BCUT2D eigenvalue weighted by atomic mass is 19.4. The zero-order valence-electron chi connectivity index (χ0n) is 8.02. The van der Waals surface area contributed by atoms with Crippen LogP contribution in [0.1, 0.15) is 11.1 Å². The Balaban J connectivity index is 2.14. The van der Waals surface area contributed by atoms with Crippen molar-refractivity contribution in [2.75, 3.05) is 0 Å². The molecule has 1 heterocycles. The van der Waals surface area contributed by atoms with Gasteiger partial charge >= 0.3 is 6.18 Å². The molecule has 4 nitrogen and oxygen atoms in total. The van der Waals surface area contributed by atoms with E-state index in [9.17, 15) is 13.2 Å². The molecule has 16 heavy (non-hydrogen) atoms. The van der Waals surface area contributed by atoms with Crippen LogP contribution in [0.25, 0.3) is 0 Å². The second kappa shape index (κ2) is 3.92. The lowest BCUT2D eigenvalue weighted by Gasteiger charge is -2.07. The maximum Gasteiger partial charge on any atom is 0.416 e. The minimum absolute atomic E-state index is 0.352. The molecule has 84 valence electrons. The summed E-state index contributed by atoms with van der Waals surface area (Å²) >= 11 is 0. The van der Waals surface area contributed by atoms with Crippen LogP contribution in [0.15, 0.2) is 30.6 Å². The molecule has 2 aromatic rings. The van der Waals surface area contributed by atoms with Gasteiger partial charge in [-0.05, 0) is 28.1 Å². The van der Waals surface area contributed by atoms with E-state index >= 15 is 0 Å². The summed E-state index contributed by atoms with van der Waals surface area (Å²) in [4.78, 5) is 0. The van der Waals surface area contributed by atoms with Crippen LogP contribution < -0.4 is 0 Å². The van der Waals surface area contributed by atoms with Crippen molar-refractivity contribution >= 4 is 0 Å². The molecular formula is C9H7F3N4. The lowest BCUT2D eigenvalue weighted by molar-refractivity contribution is -0.137. The Morgan fingerprint density at radius 2 is 1.81 bits per heavy atom. The Kier molecular flexibility index (Phi) is 2.59. The zero-order chi connectivity index (χ0) is 11.6. The van der Waals surface area contributed by atoms with Gasteiger partial charge in [-0.1, -0.05) is 12.1 Å². The Hall–Kier alpha value is -1.92. The molecule has 0 aliphatic carbocycles. The fraction of sp³-hybridized carbons (Fsp3) is 0.222. The minimum Gasteiger partial charge on any atom is -0.228 e. The van der Waals surface area contributed by atoms with Crippen molar-refractivity contribution < 1.29 is 13.2 Å². The number of hydrogen-bond acceptors (Lipinski definition) is 3. The first-order valence-corrected chi connectivity index (χ1v) is 4.42. The molecule has 1 aromatic heterocycles. The molecule has 0 aliphatic heterocycles. The van der Waals surface area contributed by atoms with Gasteiger partial charge in [-0.2, -0.15) is 13.2 Å². The fourth-order valence-electron chi connectivity index (χ4n) is 1.24. The van der Waals surface area contributed by atoms with Crippen molar-refractivity contribution in [1.82, 2.24) is 20.2 Å². The van der Waals surface area contributed by atoms with Crippen LogP contribution in [0, 0.1) is 0 Å². The van der Waals surface area contributed by atoms with Crippen LogP contribution in [-0.4, -0.2) is 20.2 Å². The molecule has 0 saturated heterocycles. The number of benzene rings is 1. The van der Waals surface area contributed by atoms with Gasteiger partial charge in [-0.3, -0.25) is 0 Å². The van der Waals surface area contributed by atoms with Gasteiger partial charge in [0, 0.05) is 0 Å². The monoisotopic (exact) mass is 228 g/mol. The summed E-state index contributed by atoms with van der Waals surface area (Å²) in [5.41, 5.74) is 0.0493. The van der Waals surface area contributed by atoms with Gasteiger partial charge in [-0.25, -0.2) is 4.68 Å². The predicted octanol–water partition coefficient (Wildman–Crippen LogP) is 1.74. The number of hydrogen-bond donors (Lipinski definition) is 0. The highest BCUT2D eigenvalue weighted by Crippen LogP contribution is 2.29. The first kappa shape index (κ1) is 10.6. The van der Waals surface area contributed by atoms with Gasteiger partial charge in [0.05, 0.1) is 12.1 Å². The Morgan fingerprint density at radius 1 is 1.12 bits per heavy atom. The van der Waals surface area contributed by atoms with Gasteiger partial charge < -0.3 is 0 Å². The number of tetrazole rings is 1. The highest BCUT2D eigenvalue weighted by Gasteiger charge is 2.29. The van der Waals surface area contributed by atoms with E-state index in [1.807, 2.05) is 0 Å². The Morgan fingerprint density at radius 3 is 2.31 bits per heavy atom. The fourth-order valence-corrected chi connectivity index (χ4v) is 1.24. The van der Waals surface area contributed by atoms with Crippen LogP contribution in [-0.2, 0) is 12.7 Å². The second-order valence-electron chi connectivity index (χ2n) is 3.20. The highest BCUT2D eigenvalue weighted by molar-refractivity contribution is 5.24. The third-order valence-corrected chi connectivity index (χ3v) is 2.02. The van der Waals surface area contributed by atoms with Crippen molar-refractivity contribution in [2.24, 2.45) is 0 Å². The predicted molar refractivity (Wildman–Crippen MR) is 48.4 cm³/mol. The van der Waals surface area contributed by atoms with E-state index in [1.165, 1.54) is 23.1 Å². The third kappa shape index (κ3) is 2.36. The molecule has 7 heteroatoms. The number of rotatable bonds is 2. The molecule has 0 aliphatic rings. The first-order valence-electron chi connectivity index (χ1n) is 4.42. The van der Waals surface area contributed by atoms with E-state index < -0.39 is 11.7 Å². The third-order valence-electron chi connectivity index (χ3n) is 2.02. The van der Waals surface area contributed by atoms with E-state index in [2.05, 4.69) is 15.5 Å². The van der Waals surface area contributed by atoms with E-state index in [1.54, 1.807) is 0 Å². The Labute approximate surface area is 88.7 Å². The van der Waals surface area contributed by atoms with Crippen molar-refractivity contribution in [3.8, 4) is 0 Å². The molecule has 0 N–H and O–H groups in total. The molecule has 0 amide bonds. The van der Waals surface area contributed by atoms with Crippen LogP contribution in [0.4, 0.5) is 13.2 Å². The Bertz CT molecular complexity index is 447. The number of nitrogens with zero attached hydrogens (tertiary/aromatic N) is 4. The van der Waals surface area contributed by atoms with Crippen LogP contribution in [0.2, 0.25) is 0 Å². The maximum absolute atomic E-state index is 12.3. The molecule has 0 fully saturated rings. The number of halogens is 3. The van der Waals surface area contributed by atoms with E-state index in [4.69, 9.17) is 0 Å². The van der Waals surface area contributed by atoms with Gasteiger partial charge in [0.1, 0.15) is 6.33 Å². The van der Waals surface area contributed by atoms with E-state index in [-0.39, 0.29) is 0 Å². The second-order valence-corrected chi connectivity index (χ2v) is 3.20. The quantitative estimate of drug-likeness (QED) is 0.786. The van der Waals surface area contributed by atoms with Gasteiger partial charge in [0.15, 0.2) is 0 Å². The van der Waals surface area contributed by atoms with E-state index in [0.717, 1.165) is 12.1 Å². The van der Waals surface area contributed by atoms with Gasteiger partial charge in [0.25, 0.3) is 0 Å². The summed E-state index contributed by atoms with van der Waals surface area (Å²) in [6, 6.07) is 4.90. The topological polar surface area (TPSA) is 43.6 Å². The van der Waals surface area contributed by atoms with E-state index in [0.29, 0.717) is 12.1 Å². The summed E-state index contributed by atoms with van der Waals surface area (Å²) < 4.78 is 38.2. The SMILES string of the molecule is FC(F)(F)c1ccc(Cn2cnnn2)cc1. The number of alkyl halides is 3. The summed E-state index contributed by atoms with van der Waals surface area (Å²) in [7, 11) is 0. The average Bonchev–Trinajstić information content (AvgIpc) is 2.70. The van der Waals surface area contributed by atoms with Crippen molar-refractivity contribution in [3.63, 3.8) is 0 Å². The summed E-state index contributed by atoms with van der Waals surface area (Å²) in [6.07, 6.45) is -2.90. The molecule has 0 saturated carbocycles. The molecular weight excluding hydrogens is 221 g/mol. The minimum atomic E-state index is -4.30. The van der Waals surface area contributed by atoms with Crippen molar-refractivity contribution in [3.05, 3.63) is 41.7 Å². The maximum atomic E-state index is 12.3. The van der Waals surface area contributed by atoms with Crippen LogP contribution >= 0.6 is 0 Å². The smallest absolute Gasteiger partial charge is 0.228 e. The molecule has 2 rings (SSSR count). The van der Waals surface area contributed by atoms with Crippen LogP contribution in [0.5, 0.6) is 0 Å². The lowest BCUT2D eigenvalue weighted by Crippen LogP contribution is -2.05. The molecule has 0 unspecified atom stereocenters. The zero-order valence-corrected chi connectivity index (χ0v) is 8.02. The average molecular weight is 228 g/mol. The molecule has 0 radical (unpaired) electrons. The largest absolute Gasteiger partial charge is 0.416 e. The summed E-state index contributed by atoms with van der Waals surface area (Å²) in [5, 5.41) is 10.5.